The molecule has 2 fully saturated rings. The number of halogens is 2. The van der Waals surface area contributed by atoms with Gasteiger partial charge in [-0.1, -0.05) is 79.7 Å². The van der Waals surface area contributed by atoms with Crippen molar-refractivity contribution in [2.75, 3.05) is 19.0 Å². The number of methoxy groups -OCH3 is 1. The van der Waals surface area contributed by atoms with Gasteiger partial charge in [-0.3, -0.25) is 9.36 Å². The third-order valence-corrected chi connectivity index (χ3v) is 10.2. The van der Waals surface area contributed by atoms with Crippen LogP contribution in [0.5, 0.6) is 0 Å². The first-order valence-corrected chi connectivity index (χ1v) is 19.7. The summed E-state index contributed by atoms with van der Waals surface area (Å²) < 4.78 is 64.7. The van der Waals surface area contributed by atoms with Gasteiger partial charge in [0.25, 0.3) is 5.91 Å². The molecule has 1 N–H and O–H groups in total. The van der Waals surface area contributed by atoms with Crippen LogP contribution in [0.2, 0.25) is 0 Å². The van der Waals surface area contributed by atoms with E-state index in [4.69, 9.17) is 28.4 Å². The lowest BCUT2D eigenvalue weighted by molar-refractivity contribution is -0.164. The number of amides is 1. The Bertz CT molecular complexity index is 2370. The van der Waals surface area contributed by atoms with Crippen molar-refractivity contribution in [2.45, 2.75) is 75.5 Å². The third kappa shape index (κ3) is 10.3. The number of anilines is 1. The topological polar surface area (TPSA) is 171 Å². The highest BCUT2D eigenvalue weighted by Crippen LogP contribution is 2.44. The van der Waals surface area contributed by atoms with Crippen LogP contribution in [0.4, 0.5) is 14.6 Å². The number of esters is 3. The van der Waals surface area contributed by atoms with Crippen molar-refractivity contribution >= 4 is 29.6 Å². The summed E-state index contributed by atoms with van der Waals surface area (Å²) in [5.41, 5.74) is -3.84. The van der Waals surface area contributed by atoms with E-state index >= 15 is 8.78 Å². The Balaban J connectivity index is 0.000000211. The van der Waals surface area contributed by atoms with Gasteiger partial charge in [-0.05, 0) is 74.9 Å². The second kappa shape index (κ2) is 19.8. The summed E-state index contributed by atoms with van der Waals surface area (Å²) in [6, 6.07) is 34.7. The molecule has 0 saturated carbocycles. The molecule has 0 radical (unpaired) electrons. The molecule has 8 atom stereocenters. The molecular weight excluding hydrogens is 809 g/mol. The molecule has 3 heterocycles. The number of alkyl halides is 2. The molecule has 1 amide bonds. The van der Waals surface area contributed by atoms with Crippen LogP contribution in [0.1, 0.15) is 74.9 Å². The van der Waals surface area contributed by atoms with Crippen molar-refractivity contribution in [3.05, 3.63) is 166 Å². The number of hydrogen-bond acceptors (Lipinski definition) is 12. The van der Waals surface area contributed by atoms with E-state index in [0.29, 0.717) is 17.5 Å². The van der Waals surface area contributed by atoms with Gasteiger partial charge >= 0.3 is 23.6 Å². The Morgan fingerprint density at radius 1 is 0.677 bits per heavy atom. The summed E-state index contributed by atoms with van der Waals surface area (Å²) in [6.07, 6.45) is -5.31. The second-order valence-electron chi connectivity index (χ2n) is 14.7. The summed E-state index contributed by atoms with van der Waals surface area (Å²) in [4.78, 5) is 66.0. The highest BCUT2D eigenvalue weighted by Gasteiger charge is 2.59. The maximum Gasteiger partial charge on any atom is 0.351 e. The molecule has 0 bridgehead atoms. The smallest absolute Gasteiger partial charge is 0.351 e. The van der Waals surface area contributed by atoms with Gasteiger partial charge in [0.2, 0.25) is 0 Å². The van der Waals surface area contributed by atoms with Crippen molar-refractivity contribution in [3.63, 3.8) is 0 Å². The van der Waals surface area contributed by atoms with E-state index in [1.165, 1.54) is 33.2 Å². The molecule has 324 valence electrons. The summed E-state index contributed by atoms with van der Waals surface area (Å²) in [5.74, 6) is -2.38. The number of nitrogens with one attached hydrogen (secondary N) is 1. The molecule has 1 aromatic heterocycles. The van der Waals surface area contributed by atoms with Crippen LogP contribution in [0.15, 0.2) is 138 Å². The molecule has 62 heavy (non-hydrogen) atoms. The van der Waals surface area contributed by atoms with Crippen LogP contribution < -0.4 is 11.0 Å². The fourth-order valence-electron chi connectivity index (χ4n) is 6.95. The predicted octanol–water partition coefficient (Wildman–Crippen LogP) is 6.93. The van der Waals surface area contributed by atoms with Gasteiger partial charge in [0.1, 0.15) is 24.6 Å². The van der Waals surface area contributed by atoms with Crippen LogP contribution in [-0.2, 0) is 28.4 Å². The van der Waals surface area contributed by atoms with E-state index in [9.17, 15) is 24.0 Å². The summed E-state index contributed by atoms with van der Waals surface area (Å²) >= 11 is 0. The van der Waals surface area contributed by atoms with Gasteiger partial charge in [-0.25, -0.2) is 28.0 Å². The zero-order chi connectivity index (χ0) is 44.4. The van der Waals surface area contributed by atoms with Crippen LogP contribution in [0, 0.1) is 0 Å². The first kappa shape index (κ1) is 44.9. The van der Waals surface area contributed by atoms with Crippen LogP contribution in [0.25, 0.3) is 0 Å². The molecule has 0 aliphatic carbocycles. The monoisotopic (exact) mass is 853 g/mol. The van der Waals surface area contributed by atoms with Crippen LogP contribution >= 0.6 is 0 Å². The number of aromatic nitrogens is 2. The summed E-state index contributed by atoms with van der Waals surface area (Å²) in [6.45, 7) is 3.94. The Hall–Kier alpha value is -6.62. The van der Waals surface area contributed by atoms with Crippen LogP contribution in [-0.4, -0.2) is 89.1 Å². The van der Waals surface area contributed by atoms with E-state index in [1.54, 1.807) is 128 Å². The van der Waals surface area contributed by atoms with Gasteiger partial charge in [0.05, 0.1) is 16.7 Å². The van der Waals surface area contributed by atoms with Crippen molar-refractivity contribution in [2.24, 2.45) is 0 Å². The van der Waals surface area contributed by atoms with Gasteiger partial charge in [-0.2, -0.15) is 4.98 Å². The molecule has 5 aromatic rings. The first-order chi connectivity index (χ1) is 29.7. The van der Waals surface area contributed by atoms with Crippen molar-refractivity contribution in [3.8, 4) is 0 Å². The fourth-order valence-corrected chi connectivity index (χ4v) is 6.95. The number of nitrogens with zero attached hydrogens (tertiary/aromatic N) is 2. The zero-order valence-corrected chi connectivity index (χ0v) is 34.2. The highest BCUT2D eigenvalue weighted by atomic mass is 19.1. The van der Waals surface area contributed by atoms with Crippen molar-refractivity contribution in [1.29, 1.82) is 0 Å². The molecule has 2 aliphatic rings. The van der Waals surface area contributed by atoms with Crippen molar-refractivity contribution in [1.82, 2.24) is 9.55 Å². The summed E-state index contributed by atoms with van der Waals surface area (Å²) in [7, 11) is 1.29. The van der Waals surface area contributed by atoms with E-state index < -0.39 is 77.8 Å². The lowest BCUT2D eigenvalue weighted by Crippen LogP contribution is -2.45. The number of carbonyl (C=O) groups excluding carboxylic acids is 4. The molecule has 4 aromatic carbocycles. The Morgan fingerprint density at radius 3 is 1.61 bits per heavy atom. The quantitative estimate of drug-likeness (QED) is 0.102. The lowest BCUT2D eigenvalue weighted by atomic mass is 9.96. The highest BCUT2D eigenvalue weighted by molar-refractivity contribution is 6.03. The molecule has 2 unspecified atom stereocenters. The average Bonchev–Trinajstić information content (AvgIpc) is 3.69. The molecule has 16 heteroatoms. The number of hydrogen-bond donors (Lipinski definition) is 1. The first-order valence-electron chi connectivity index (χ1n) is 19.7. The number of ether oxygens (including phenoxy) is 6. The fraction of sp³-hybridized carbons (Fsp3) is 0.304. The van der Waals surface area contributed by atoms with Gasteiger partial charge < -0.3 is 33.7 Å². The average molecular weight is 854 g/mol. The molecule has 7 rings (SSSR count). The molecular formula is C46H45F2N3O11. The number of rotatable bonds is 12. The summed E-state index contributed by atoms with van der Waals surface area (Å²) in [5, 5.41) is 2.54. The minimum atomic E-state index is -2.22. The Kier molecular flexibility index (Phi) is 14.4. The van der Waals surface area contributed by atoms with Crippen LogP contribution in [0.3, 0.4) is 0 Å². The van der Waals surface area contributed by atoms with E-state index in [-0.39, 0.29) is 23.6 Å². The second-order valence-corrected chi connectivity index (χ2v) is 14.7. The SMILES string of the molecule is CC[C@H]1O[C@@H](n2ccc(NC(=O)c3ccccc3)nc2=O)C(C)(F)[C@@H]1OC(=O)c1ccccc1.CO[C@@H]1O[C@H](COC(=O)c2ccccc2)[C@@H](OC(=O)c2ccccc2)C1(C)F. The minimum absolute atomic E-state index is 0.0211. The molecule has 14 nitrogen and oxygen atoms in total. The molecule has 2 saturated heterocycles. The maximum absolute atomic E-state index is 16.0. The van der Waals surface area contributed by atoms with E-state index in [1.807, 2.05) is 0 Å². The lowest BCUT2D eigenvalue weighted by Gasteiger charge is -2.27. The van der Waals surface area contributed by atoms with E-state index in [2.05, 4.69) is 10.3 Å². The Labute approximate surface area is 355 Å². The Morgan fingerprint density at radius 2 is 1.15 bits per heavy atom. The maximum atomic E-state index is 16.0. The third-order valence-electron chi connectivity index (χ3n) is 10.2. The van der Waals surface area contributed by atoms with Gasteiger partial charge in [-0.15, -0.1) is 0 Å². The largest absolute Gasteiger partial charge is 0.459 e. The van der Waals surface area contributed by atoms with Gasteiger partial charge in [0.15, 0.2) is 36.1 Å². The standard InChI is InChI=1S/C25H24FN3O5.C21H21FO6/c1-3-18-20(34-22(31)17-12-8-5-9-13-17)25(2,26)23(33-18)29-15-14-19(28-24(29)32)27-21(30)16-10-6-4-7-11-16;1-21(22)17(28-19(24)15-11-7-4-8-12-15)16(27-20(21)25-2)13-26-18(23)14-9-5-3-6-10-14/h4-15,18,20,23H,3H2,1-2H3,(H,27,28,30,32);3-12,16-17,20H,13H2,1-2H3/t18-,20-,23-,25?;16-,17-,20-,21?/m11/s1. The minimum Gasteiger partial charge on any atom is -0.459 e. The molecule has 2 aliphatic heterocycles. The number of carbonyl (C=O) groups is 4. The molecule has 0 spiro atoms. The zero-order valence-electron chi connectivity index (χ0n) is 34.2. The van der Waals surface area contributed by atoms with Gasteiger partial charge in [0, 0.05) is 18.9 Å². The van der Waals surface area contributed by atoms with E-state index in [0.717, 1.165) is 4.57 Å². The predicted molar refractivity (Wildman–Crippen MR) is 220 cm³/mol. The normalized spacial score (nSPS) is 25.1. The van der Waals surface area contributed by atoms with Crippen molar-refractivity contribution < 1.29 is 56.4 Å². The number of benzene rings is 4.